The first-order valence-corrected chi connectivity index (χ1v) is 39.3. The van der Waals surface area contributed by atoms with Gasteiger partial charge in [-0.2, -0.15) is 0 Å². The van der Waals surface area contributed by atoms with E-state index in [-0.39, 0.29) is 111 Å². The molecule has 12 fully saturated rings. The molecule has 4 aromatic heterocycles. The van der Waals surface area contributed by atoms with Crippen LogP contribution >= 0.6 is 12.4 Å². The number of nitrogens with one attached hydrogen (secondary N) is 1. The van der Waals surface area contributed by atoms with E-state index in [2.05, 4.69) is 14.6 Å². The monoisotopic (exact) mass is 1730 g/mol. The third-order valence-corrected chi connectivity index (χ3v) is 26.6. The summed E-state index contributed by atoms with van der Waals surface area (Å²) < 4.78 is 191. The average molecular weight is 1730 g/mol. The Labute approximate surface area is 686 Å². The molecule has 121 heavy (non-hydrogen) atoms. The molecule has 13 N–H and O–H groups in total. The molecule has 12 aliphatic rings. The fraction of sp³-hybridized carbons (Fsp3) is 0.500. The molecule has 41 heteroatoms. The van der Waals surface area contributed by atoms with E-state index in [1.807, 2.05) is 14.7 Å². The maximum Gasteiger partial charge on any atom is 0.798 e. The van der Waals surface area contributed by atoms with Crippen molar-refractivity contribution in [2.45, 2.75) is 178 Å². The quantitative estimate of drug-likeness (QED) is 0.0417. The Morgan fingerprint density at radius 2 is 0.686 bits per heavy atom. The van der Waals surface area contributed by atoms with E-state index < -0.39 is 166 Å². The van der Waals surface area contributed by atoms with E-state index in [1.165, 1.54) is 52.4 Å². The van der Waals surface area contributed by atoms with Crippen molar-refractivity contribution in [3.8, 4) is 0 Å². The molecular formula is C80H86B2ClF13N12O13. The summed E-state index contributed by atoms with van der Waals surface area (Å²) in [6.45, 7) is 11.9. The topological polar surface area (TPSA) is 373 Å². The van der Waals surface area contributed by atoms with E-state index in [1.54, 1.807) is 20.8 Å². The highest BCUT2D eigenvalue weighted by Gasteiger charge is 2.58. The molecule has 0 radical (unpaired) electrons. The highest BCUT2D eigenvalue weighted by molar-refractivity contribution is 6.38. The molecule has 8 heterocycles. The van der Waals surface area contributed by atoms with Crippen molar-refractivity contribution in [2.24, 2.45) is 44.6 Å². The lowest BCUT2D eigenvalue weighted by atomic mass is 10.0. The van der Waals surface area contributed by atoms with Crippen LogP contribution in [0, 0.1) is 78.4 Å². The summed E-state index contributed by atoms with van der Waals surface area (Å²) in [6.07, 6.45) is 9.04. The van der Waals surface area contributed by atoms with Crippen molar-refractivity contribution < 1.29 is 101 Å². The number of benzene rings is 4. The van der Waals surface area contributed by atoms with Gasteiger partial charge < -0.3 is 86.2 Å². The van der Waals surface area contributed by atoms with Gasteiger partial charge in [0.25, 0.3) is 0 Å². The summed E-state index contributed by atoms with van der Waals surface area (Å²) in [6, 6.07) is 1.53. The number of halogens is 14. The maximum absolute atomic E-state index is 15.2. The predicted octanol–water partition coefficient (Wildman–Crippen LogP) is 9.70. The lowest BCUT2D eigenvalue weighted by Crippen LogP contribution is -2.31. The van der Waals surface area contributed by atoms with Crippen molar-refractivity contribution in [3.05, 3.63) is 164 Å². The van der Waals surface area contributed by atoms with E-state index >= 15 is 13.2 Å². The standard InChI is InChI=1S/C20H20BF4N3O3.2C20H21F2N3O3.C14H9BF5NO3.C6H12N2.ClH.H2O/c1-9-16-10(4-13(23)17(9)27-7-15(26)20(8-27)2-3-20)18(29)11(19(30)31-21(24)25)6-28(16)14-5-12(14)22;2*1-9-16-10(18(26)11(19(27)28)6-25(16)14-5-12(14)21)4-13(22)17(9)24-7-15(23)20(8-24)2-3-20;1-5-11(18)9(17)2-6-12(5)21(10-3-8(10)16)4-7(13(6)22)14(23)24-15(19)20;7-5-3-8-4-6(5)1-2-6;;/h4,6,12,14-15H,2-3,5,7-8,26H2,1H3;2*4,6,12,14-15H,2-3,5,7-8,23H2,1H3,(H,27,28);2,4,8,10H,3H2,1H3;5,8H,1-4,7H2;1H;1H2/t3*12-,14+,15+;8-,10+;5-;;/m00001../s1. The number of alkyl halides is 4. The first-order valence-electron chi connectivity index (χ1n) is 39.3. The molecule has 20 rings (SSSR count). The number of hydrogen-bond donors (Lipinski definition) is 7. The first-order chi connectivity index (χ1) is 56.1. The molecule has 0 unspecified atom stereocenters. The molecular weight excluding hydrogens is 1640 g/mol. The second-order valence-corrected chi connectivity index (χ2v) is 34.4. The van der Waals surface area contributed by atoms with Gasteiger partial charge in [0.15, 0.2) is 11.6 Å². The summed E-state index contributed by atoms with van der Waals surface area (Å²) in [5.41, 5.74) is 22.6. The summed E-state index contributed by atoms with van der Waals surface area (Å²) in [4.78, 5) is 103. The molecule has 12 atom stereocenters. The van der Waals surface area contributed by atoms with Crippen LogP contribution in [0.5, 0.6) is 0 Å². The zero-order valence-corrected chi connectivity index (χ0v) is 66.4. The van der Waals surface area contributed by atoms with Crippen molar-refractivity contribution in [3.63, 3.8) is 0 Å². The molecule has 25 nitrogen and oxygen atoms in total. The minimum absolute atomic E-state index is 0. The number of fused-ring (bicyclic) bond motifs is 4. The minimum Gasteiger partial charge on any atom is -0.477 e. The second kappa shape index (κ2) is 31.6. The molecule has 8 aromatic rings. The van der Waals surface area contributed by atoms with Gasteiger partial charge in [0.05, 0.1) is 63.3 Å². The molecule has 4 aliphatic heterocycles. The first kappa shape index (κ1) is 87.6. The van der Waals surface area contributed by atoms with Gasteiger partial charge >= 0.3 is 38.8 Å². The normalized spacial score (nSPS) is 25.9. The number of carbonyl (C=O) groups excluding carboxylic acids is 2. The number of aromatic nitrogens is 4. The fourth-order valence-electron chi connectivity index (χ4n) is 18.6. The lowest BCUT2D eigenvalue weighted by Gasteiger charge is -2.24. The highest BCUT2D eigenvalue weighted by Crippen LogP contribution is 2.57. The summed E-state index contributed by atoms with van der Waals surface area (Å²) >= 11 is 0. The number of carboxylic acids is 2. The van der Waals surface area contributed by atoms with Gasteiger partial charge in [-0.1, -0.05) is 0 Å². The molecule has 8 saturated carbocycles. The van der Waals surface area contributed by atoms with Gasteiger partial charge in [0.1, 0.15) is 64.4 Å². The number of aromatic carboxylic acids is 2. The van der Waals surface area contributed by atoms with E-state index in [0.717, 1.165) is 80.2 Å². The predicted molar refractivity (Wildman–Crippen MR) is 425 cm³/mol. The summed E-state index contributed by atoms with van der Waals surface area (Å²) in [7, 11) is -6.87. The Bertz CT molecular complexity index is 5740. The van der Waals surface area contributed by atoms with Crippen LogP contribution in [0.4, 0.5) is 73.8 Å². The Morgan fingerprint density at radius 1 is 0.430 bits per heavy atom. The van der Waals surface area contributed by atoms with Crippen LogP contribution in [0.2, 0.25) is 0 Å². The van der Waals surface area contributed by atoms with Crippen LogP contribution in [0.25, 0.3) is 43.6 Å². The van der Waals surface area contributed by atoms with E-state index in [0.29, 0.717) is 102 Å². The summed E-state index contributed by atoms with van der Waals surface area (Å²) in [5, 5.41) is 21.4. The molecule has 648 valence electrons. The molecule has 4 saturated heterocycles. The van der Waals surface area contributed by atoms with Crippen molar-refractivity contribution in [1.29, 1.82) is 0 Å². The van der Waals surface area contributed by atoms with E-state index in [9.17, 15) is 92.2 Å². The zero-order chi connectivity index (χ0) is 85.5. The summed E-state index contributed by atoms with van der Waals surface area (Å²) in [5.74, 6) is -10.3. The number of nitrogens with zero attached hydrogens (tertiary/aromatic N) is 7. The minimum atomic E-state index is -3.46. The number of carboxylic acid groups (broad SMARTS) is 2. The van der Waals surface area contributed by atoms with Crippen LogP contribution in [-0.4, -0.2) is 174 Å². The number of nitrogens with two attached hydrogens (primary N) is 4. The molecule has 8 aliphatic carbocycles. The van der Waals surface area contributed by atoms with Crippen LogP contribution < -0.4 is 64.7 Å². The van der Waals surface area contributed by atoms with Crippen molar-refractivity contribution >= 4 is 112 Å². The number of pyridine rings is 4. The number of anilines is 3. The molecule has 4 spiro atoms. The van der Waals surface area contributed by atoms with Gasteiger partial charge in [-0.05, 0) is 125 Å². The smallest absolute Gasteiger partial charge is 0.477 e. The zero-order valence-electron chi connectivity index (χ0n) is 65.6. The van der Waals surface area contributed by atoms with E-state index in [4.69, 9.17) is 22.9 Å². The Balaban J connectivity index is 0.000000127. The number of hydrogen-bond acceptors (Lipinski definition) is 18. The van der Waals surface area contributed by atoms with Crippen molar-refractivity contribution in [1.82, 2.24) is 23.6 Å². The van der Waals surface area contributed by atoms with Gasteiger partial charge in [0, 0.05) is 170 Å². The van der Waals surface area contributed by atoms with Crippen LogP contribution in [0.3, 0.4) is 0 Å². The highest BCUT2D eigenvalue weighted by atomic mass is 35.5. The largest absolute Gasteiger partial charge is 0.798 e. The number of rotatable bonds is 13. The number of carbonyl (C=O) groups is 4. The maximum atomic E-state index is 15.2. The fourth-order valence-corrected chi connectivity index (χ4v) is 18.6. The van der Waals surface area contributed by atoms with Crippen molar-refractivity contribution in [2.75, 3.05) is 67.1 Å². The van der Waals surface area contributed by atoms with Crippen LogP contribution in [-0.2, 0) is 9.31 Å². The lowest BCUT2D eigenvalue weighted by molar-refractivity contribution is 0.0681. The average Bonchev–Trinajstić information content (AvgIpc) is 1.59. The SMILES string of the molecule is Cc1c(F)c(F)cc2c(=O)c(C(=O)OB(F)F)cn([C@@H]3C[C@@H]3F)c12.Cc1c(N2C[C@@H](N)C3(CC3)C2)c(F)cc2c(=O)c(C(=O)O)cn([C@@H]3C[C@@H]3F)c12.Cc1c(N2C[C@@H](N)C3(CC3)C2)c(F)cc2c(=O)c(C(=O)O)cn([C@@H]3C[C@@H]3F)c12.Cc1c(N2C[C@@H](N)C3(CC3)C2)c(F)cc2c(=O)c(C(=O)OB(F)F)cn([C@@H]3C[C@@H]3F)c12.Cl.N[C@@H]1CNCC12CC2.O. The van der Waals surface area contributed by atoms with Crippen LogP contribution in [0.1, 0.15) is 165 Å². The Hall–Kier alpha value is -9.73. The number of aryl methyl sites for hydroxylation is 4. The molecule has 0 bridgehead atoms. The second-order valence-electron chi connectivity index (χ2n) is 34.4. The molecule has 0 amide bonds. The van der Waals surface area contributed by atoms with Gasteiger partial charge in [0.2, 0.25) is 21.7 Å². The molecule has 4 aromatic carbocycles. The Kier molecular flexibility index (Phi) is 22.8. The van der Waals surface area contributed by atoms with Gasteiger partial charge in [-0.25, -0.2) is 76.0 Å². The van der Waals surface area contributed by atoms with Crippen LogP contribution in [0.15, 0.2) is 68.2 Å². The Morgan fingerprint density at radius 3 is 0.909 bits per heavy atom. The third kappa shape index (κ3) is 15.6. The third-order valence-electron chi connectivity index (χ3n) is 26.6. The van der Waals surface area contributed by atoms with Gasteiger partial charge in [-0.15, -0.1) is 12.4 Å². The van der Waals surface area contributed by atoms with Gasteiger partial charge in [-0.3, -0.25) is 19.2 Å².